The van der Waals surface area contributed by atoms with Crippen LogP contribution in [-0.4, -0.2) is 48.2 Å². The molecule has 1 atom stereocenters. The molecule has 5 N–H and O–H groups in total. The molecular weight excluding hydrogens is 414 g/mol. The van der Waals surface area contributed by atoms with Gasteiger partial charge in [0.2, 0.25) is 11.8 Å². The molecule has 0 fully saturated rings. The fourth-order valence-electron chi connectivity index (χ4n) is 3.71. The number of carboxylic acids is 1. The van der Waals surface area contributed by atoms with Crippen molar-refractivity contribution in [2.45, 2.75) is 31.2 Å². The number of benzene rings is 2. The summed E-state index contributed by atoms with van der Waals surface area (Å²) < 4.78 is 5.34. The molecule has 1 aliphatic rings. The van der Waals surface area contributed by atoms with E-state index in [0.29, 0.717) is 0 Å². The number of nitrogens with two attached hydrogens (primary N) is 1. The lowest BCUT2D eigenvalue weighted by atomic mass is 9.98. The molecule has 1 aliphatic carbocycles. The van der Waals surface area contributed by atoms with Gasteiger partial charge in [-0.05, 0) is 28.7 Å². The summed E-state index contributed by atoms with van der Waals surface area (Å²) >= 11 is 0. The van der Waals surface area contributed by atoms with E-state index in [1.54, 1.807) is 0 Å². The molecule has 0 aliphatic heterocycles. The Morgan fingerprint density at radius 3 is 2.12 bits per heavy atom. The third-order valence-electron chi connectivity index (χ3n) is 5.26. The molecule has 9 nitrogen and oxygen atoms in total. The van der Waals surface area contributed by atoms with Crippen LogP contribution in [0.15, 0.2) is 48.5 Å². The van der Waals surface area contributed by atoms with E-state index in [-0.39, 0.29) is 38.3 Å². The van der Waals surface area contributed by atoms with E-state index < -0.39 is 29.9 Å². The molecule has 3 amide bonds. The molecule has 0 spiro atoms. The maximum Gasteiger partial charge on any atom is 0.407 e. The van der Waals surface area contributed by atoms with Crippen molar-refractivity contribution >= 4 is 23.9 Å². The number of rotatable bonds is 10. The van der Waals surface area contributed by atoms with Crippen molar-refractivity contribution in [3.8, 4) is 11.1 Å². The quantitative estimate of drug-likeness (QED) is 0.443. The first kappa shape index (κ1) is 22.8. The third-order valence-corrected chi connectivity index (χ3v) is 5.26. The Kier molecular flexibility index (Phi) is 7.43. The van der Waals surface area contributed by atoms with Gasteiger partial charge in [-0.3, -0.25) is 9.59 Å². The molecule has 9 heteroatoms. The topological polar surface area (TPSA) is 148 Å². The van der Waals surface area contributed by atoms with Crippen molar-refractivity contribution in [2.24, 2.45) is 5.73 Å². The van der Waals surface area contributed by atoms with E-state index in [4.69, 9.17) is 10.5 Å². The predicted molar refractivity (Wildman–Crippen MR) is 116 cm³/mol. The Bertz CT molecular complexity index is 977. The largest absolute Gasteiger partial charge is 0.480 e. The first-order chi connectivity index (χ1) is 15.4. The third kappa shape index (κ3) is 5.63. The van der Waals surface area contributed by atoms with Gasteiger partial charge in [0.15, 0.2) is 0 Å². The number of ether oxygens (including phenoxy) is 1. The van der Waals surface area contributed by atoms with Gasteiger partial charge in [0, 0.05) is 25.3 Å². The molecule has 0 unspecified atom stereocenters. The van der Waals surface area contributed by atoms with Crippen molar-refractivity contribution in [2.75, 3.05) is 13.2 Å². The number of hydrogen-bond donors (Lipinski definition) is 4. The Morgan fingerprint density at radius 1 is 0.969 bits per heavy atom. The van der Waals surface area contributed by atoms with Gasteiger partial charge in [0.05, 0.1) is 0 Å². The number of alkyl carbamates (subject to hydrolysis) is 1. The average molecular weight is 439 g/mol. The minimum atomic E-state index is -1.36. The van der Waals surface area contributed by atoms with Gasteiger partial charge in [-0.25, -0.2) is 9.59 Å². The zero-order valence-electron chi connectivity index (χ0n) is 17.4. The van der Waals surface area contributed by atoms with Gasteiger partial charge in [-0.15, -0.1) is 0 Å². The van der Waals surface area contributed by atoms with E-state index >= 15 is 0 Å². The first-order valence-electron chi connectivity index (χ1n) is 10.3. The van der Waals surface area contributed by atoms with Crippen LogP contribution in [0.5, 0.6) is 0 Å². The summed E-state index contributed by atoms with van der Waals surface area (Å²) in [6.45, 7) is -0.263. The summed E-state index contributed by atoms with van der Waals surface area (Å²) in [6, 6.07) is 14.4. The fraction of sp³-hybridized carbons (Fsp3) is 0.304. The van der Waals surface area contributed by atoms with Gasteiger partial charge in [-0.1, -0.05) is 48.5 Å². The van der Waals surface area contributed by atoms with E-state index in [1.165, 1.54) is 0 Å². The molecule has 0 saturated carbocycles. The minimum absolute atomic E-state index is 0.0280. The molecule has 0 heterocycles. The molecule has 0 radical (unpaired) electrons. The van der Waals surface area contributed by atoms with Crippen LogP contribution in [0.25, 0.3) is 11.1 Å². The van der Waals surface area contributed by atoms with Gasteiger partial charge in [0.1, 0.15) is 12.6 Å². The maximum atomic E-state index is 12.3. The van der Waals surface area contributed by atoms with Crippen LogP contribution < -0.4 is 16.4 Å². The Morgan fingerprint density at radius 2 is 1.56 bits per heavy atom. The number of primary amides is 1. The molecule has 168 valence electrons. The number of carbonyl (C=O) groups excluding carboxylic acids is 3. The number of fused-ring (bicyclic) bond motifs is 3. The lowest BCUT2D eigenvalue weighted by Gasteiger charge is -2.18. The number of carboxylic acid groups (broad SMARTS) is 1. The van der Waals surface area contributed by atoms with Crippen molar-refractivity contribution in [1.82, 2.24) is 10.6 Å². The van der Waals surface area contributed by atoms with Gasteiger partial charge < -0.3 is 26.2 Å². The Hall–Kier alpha value is -3.88. The van der Waals surface area contributed by atoms with Crippen LogP contribution in [0.3, 0.4) is 0 Å². The van der Waals surface area contributed by atoms with Crippen molar-refractivity contribution in [3.63, 3.8) is 0 Å². The standard InChI is InChI=1S/C23H25N3O6/c24-20(27)10-5-11-21(28)25-12-19(22(29)30)26-23(31)32-13-18-16-8-3-1-6-14(16)15-7-2-4-9-17(15)18/h1-4,6-9,18-19H,5,10-13H2,(H2,24,27)(H,25,28)(H,26,31)(H,29,30)/t19-/m0/s1. The highest BCUT2D eigenvalue weighted by atomic mass is 16.5. The predicted octanol–water partition coefficient (Wildman–Crippen LogP) is 1.75. The second kappa shape index (κ2) is 10.4. The summed E-state index contributed by atoms with van der Waals surface area (Å²) in [5.74, 6) is -2.41. The zero-order valence-corrected chi connectivity index (χ0v) is 17.4. The second-order valence-corrected chi connectivity index (χ2v) is 7.48. The first-order valence-corrected chi connectivity index (χ1v) is 10.3. The van der Waals surface area contributed by atoms with Gasteiger partial charge >= 0.3 is 12.1 Å². The van der Waals surface area contributed by atoms with Crippen LogP contribution in [-0.2, 0) is 19.1 Å². The van der Waals surface area contributed by atoms with Crippen LogP contribution in [0.4, 0.5) is 4.79 Å². The summed E-state index contributed by atoms with van der Waals surface area (Å²) in [7, 11) is 0. The molecule has 0 bridgehead atoms. The summed E-state index contributed by atoms with van der Waals surface area (Å²) in [6.07, 6.45) is -0.533. The SMILES string of the molecule is NC(=O)CCCC(=O)NC[C@H](NC(=O)OCC1c2ccccc2-c2ccccc21)C(=O)O. The highest BCUT2D eigenvalue weighted by Gasteiger charge is 2.29. The number of nitrogens with one attached hydrogen (secondary N) is 2. The normalized spacial score (nSPS) is 12.9. The molecule has 0 aromatic heterocycles. The highest BCUT2D eigenvalue weighted by molar-refractivity contribution is 5.83. The monoisotopic (exact) mass is 439 g/mol. The minimum Gasteiger partial charge on any atom is -0.480 e. The summed E-state index contributed by atoms with van der Waals surface area (Å²) in [5, 5.41) is 14.0. The Balaban J connectivity index is 1.53. The molecule has 2 aromatic rings. The van der Waals surface area contributed by atoms with Crippen molar-refractivity contribution < 1.29 is 29.0 Å². The molecule has 2 aromatic carbocycles. The average Bonchev–Trinajstić information content (AvgIpc) is 3.08. The summed E-state index contributed by atoms with van der Waals surface area (Å²) in [4.78, 5) is 46.2. The van der Waals surface area contributed by atoms with Gasteiger partial charge in [0.25, 0.3) is 0 Å². The number of hydrogen-bond acceptors (Lipinski definition) is 5. The van der Waals surface area contributed by atoms with Crippen LogP contribution in [0.1, 0.15) is 36.3 Å². The maximum absolute atomic E-state index is 12.3. The van der Waals surface area contributed by atoms with Crippen molar-refractivity contribution in [3.05, 3.63) is 59.7 Å². The van der Waals surface area contributed by atoms with Crippen LogP contribution in [0.2, 0.25) is 0 Å². The second-order valence-electron chi connectivity index (χ2n) is 7.48. The smallest absolute Gasteiger partial charge is 0.407 e. The zero-order chi connectivity index (χ0) is 23.1. The van der Waals surface area contributed by atoms with Gasteiger partial charge in [-0.2, -0.15) is 0 Å². The fourth-order valence-corrected chi connectivity index (χ4v) is 3.71. The van der Waals surface area contributed by atoms with E-state index in [0.717, 1.165) is 22.3 Å². The highest BCUT2D eigenvalue weighted by Crippen LogP contribution is 2.44. The van der Waals surface area contributed by atoms with Crippen LogP contribution in [0, 0.1) is 0 Å². The summed E-state index contributed by atoms with van der Waals surface area (Å²) in [5.41, 5.74) is 9.26. The molecule has 32 heavy (non-hydrogen) atoms. The Labute approximate surface area is 184 Å². The number of aliphatic carboxylic acids is 1. The van der Waals surface area contributed by atoms with Crippen LogP contribution >= 0.6 is 0 Å². The number of carbonyl (C=O) groups is 4. The van der Waals surface area contributed by atoms with E-state index in [1.807, 2.05) is 48.5 Å². The van der Waals surface area contributed by atoms with Crippen molar-refractivity contribution in [1.29, 1.82) is 0 Å². The molecule has 3 rings (SSSR count). The molecular formula is C23H25N3O6. The van der Waals surface area contributed by atoms with E-state index in [2.05, 4.69) is 10.6 Å². The lowest BCUT2D eigenvalue weighted by molar-refractivity contribution is -0.139. The van der Waals surface area contributed by atoms with E-state index in [9.17, 15) is 24.3 Å². The lowest BCUT2D eigenvalue weighted by Crippen LogP contribution is -2.48. The molecule has 0 saturated heterocycles. The number of amides is 3.